The van der Waals surface area contributed by atoms with Crippen molar-refractivity contribution in [2.45, 2.75) is 0 Å². The van der Waals surface area contributed by atoms with Crippen molar-refractivity contribution in [2.75, 3.05) is 7.05 Å². The Morgan fingerprint density at radius 1 is 1.23 bits per heavy atom. The molecule has 0 bridgehead atoms. The van der Waals surface area contributed by atoms with Crippen LogP contribution in [0.3, 0.4) is 0 Å². The predicted octanol–water partition coefficient (Wildman–Crippen LogP) is 4.93. The van der Waals surface area contributed by atoms with Gasteiger partial charge in [-0.2, -0.15) is 0 Å². The summed E-state index contributed by atoms with van der Waals surface area (Å²) in [6.07, 6.45) is 1.66. The molecular formula is C18H12Cl2N2O3S. The minimum atomic E-state index is -1.08. The molecule has 5 nitrogen and oxygen atoms in total. The topological polar surface area (TPSA) is 70.0 Å². The molecule has 1 heterocycles. The van der Waals surface area contributed by atoms with E-state index in [2.05, 4.69) is 4.99 Å². The number of carboxylic acid groups (broad SMARTS) is 1. The molecule has 0 aromatic heterocycles. The molecule has 0 radical (unpaired) electrons. The predicted molar refractivity (Wildman–Crippen MR) is 105 cm³/mol. The number of para-hydroxylation sites is 1. The zero-order valence-corrected chi connectivity index (χ0v) is 15.8. The number of hydrogen-bond acceptors (Lipinski definition) is 4. The van der Waals surface area contributed by atoms with Gasteiger partial charge in [-0.15, -0.1) is 0 Å². The highest BCUT2D eigenvalue weighted by molar-refractivity contribution is 8.18. The lowest BCUT2D eigenvalue weighted by molar-refractivity contribution is -0.121. The monoisotopic (exact) mass is 406 g/mol. The van der Waals surface area contributed by atoms with E-state index in [0.29, 0.717) is 25.7 Å². The number of aliphatic imine (C=N–C) groups is 1. The first-order valence-electron chi connectivity index (χ1n) is 7.40. The van der Waals surface area contributed by atoms with E-state index in [1.54, 1.807) is 49.5 Å². The molecule has 1 amide bonds. The van der Waals surface area contributed by atoms with Crippen LogP contribution in [-0.4, -0.2) is 34.1 Å². The Balaban J connectivity index is 1.97. The minimum absolute atomic E-state index is 0.0691. The van der Waals surface area contributed by atoms with Crippen LogP contribution in [0.1, 0.15) is 15.9 Å². The van der Waals surface area contributed by atoms with Gasteiger partial charge < -0.3 is 5.11 Å². The molecule has 1 N–H and O–H groups in total. The Kier molecular flexibility index (Phi) is 5.36. The number of hydrogen-bond donors (Lipinski definition) is 1. The van der Waals surface area contributed by atoms with Gasteiger partial charge in [0.15, 0.2) is 5.17 Å². The minimum Gasteiger partial charge on any atom is -0.478 e. The van der Waals surface area contributed by atoms with Crippen molar-refractivity contribution >= 4 is 63.8 Å². The fourth-order valence-electron chi connectivity index (χ4n) is 2.27. The zero-order chi connectivity index (χ0) is 18.8. The molecule has 26 heavy (non-hydrogen) atoms. The molecule has 1 aliphatic heterocycles. The second-order valence-electron chi connectivity index (χ2n) is 5.36. The van der Waals surface area contributed by atoms with Crippen molar-refractivity contribution in [3.05, 3.63) is 68.5 Å². The lowest BCUT2D eigenvalue weighted by atomic mass is 10.2. The molecule has 8 heteroatoms. The lowest BCUT2D eigenvalue weighted by Gasteiger charge is -2.08. The van der Waals surface area contributed by atoms with E-state index in [-0.39, 0.29) is 17.2 Å². The average molecular weight is 407 g/mol. The Hall–Kier alpha value is -2.28. The van der Waals surface area contributed by atoms with Crippen molar-refractivity contribution in [1.82, 2.24) is 4.90 Å². The van der Waals surface area contributed by atoms with Crippen molar-refractivity contribution in [2.24, 2.45) is 4.99 Å². The molecule has 0 aliphatic carbocycles. The third kappa shape index (κ3) is 3.77. The second-order valence-corrected chi connectivity index (χ2v) is 7.21. The van der Waals surface area contributed by atoms with Crippen molar-refractivity contribution in [3.63, 3.8) is 0 Å². The number of amides is 1. The number of carbonyl (C=O) groups is 2. The number of amidine groups is 1. The van der Waals surface area contributed by atoms with Gasteiger partial charge in [-0.05, 0) is 47.7 Å². The van der Waals surface area contributed by atoms with Crippen LogP contribution in [-0.2, 0) is 4.79 Å². The zero-order valence-electron chi connectivity index (χ0n) is 13.4. The molecule has 1 saturated heterocycles. The maximum absolute atomic E-state index is 12.5. The summed E-state index contributed by atoms with van der Waals surface area (Å²) in [6.45, 7) is 0. The fourth-order valence-corrected chi connectivity index (χ4v) is 3.70. The van der Waals surface area contributed by atoms with E-state index in [4.69, 9.17) is 23.2 Å². The van der Waals surface area contributed by atoms with E-state index >= 15 is 0 Å². The third-order valence-electron chi connectivity index (χ3n) is 3.60. The van der Waals surface area contributed by atoms with E-state index in [9.17, 15) is 14.7 Å². The molecule has 2 aromatic rings. The van der Waals surface area contributed by atoms with Crippen LogP contribution in [0.5, 0.6) is 0 Å². The van der Waals surface area contributed by atoms with Gasteiger partial charge in [-0.25, -0.2) is 9.79 Å². The molecule has 0 atom stereocenters. The normalized spacial score (nSPS) is 17.3. The van der Waals surface area contributed by atoms with Crippen molar-refractivity contribution in [3.8, 4) is 0 Å². The highest BCUT2D eigenvalue weighted by Crippen LogP contribution is 2.35. The van der Waals surface area contributed by atoms with Crippen LogP contribution in [0.4, 0.5) is 5.69 Å². The summed E-state index contributed by atoms with van der Waals surface area (Å²) >= 11 is 13.2. The number of likely N-dealkylation sites (N-methyl/N-ethyl adjacent to an activating group) is 1. The van der Waals surface area contributed by atoms with Crippen LogP contribution in [0.2, 0.25) is 10.0 Å². The number of aromatic carboxylic acids is 1. The molecular weight excluding hydrogens is 395 g/mol. The van der Waals surface area contributed by atoms with Crippen molar-refractivity contribution in [1.29, 1.82) is 0 Å². The first kappa shape index (κ1) is 18.5. The van der Waals surface area contributed by atoms with Gasteiger partial charge in [0, 0.05) is 17.1 Å². The van der Waals surface area contributed by atoms with E-state index in [1.165, 1.54) is 11.0 Å². The first-order valence-corrected chi connectivity index (χ1v) is 8.97. The van der Waals surface area contributed by atoms with Gasteiger partial charge >= 0.3 is 5.97 Å². The number of benzene rings is 2. The summed E-state index contributed by atoms with van der Waals surface area (Å²) in [5.74, 6) is -1.32. The number of thioether (sulfide) groups is 1. The maximum atomic E-state index is 12.5. The van der Waals surface area contributed by atoms with E-state index < -0.39 is 5.97 Å². The van der Waals surface area contributed by atoms with Crippen molar-refractivity contribution < 1.29 is 14.7 Å². The first-order chi connectivity index (χ1) is 12.4. The summed E-state index contributed by atoms with van der Waals surface area (Å²) in [5, 5.41) is 10.6. The number of rotatable bonds is 3. The van der Waals surface area contributed by atoms with Crippen LogP contribution >= 0.6 is 35.0 Å². The maximum Gasteiger partial charge on any atom is 0.337 e. The van der Waals surface area contributed by atoms with Gasteiger partial charge in [0.1, 0.15) is 0 Å². The summed E-state index contributed by atoms with van der Waals surface area (Å²) in [5.41, 5.74) is 1.01. The Morgan fingerprint density at radius 3 is 2.65 bits per heavy atom. The summed E-state index contributed by atoms with van der Waals surface area (Å²) < 4.78 is 0. The lowest BCUT2D eigenvalue weighted by Crippen LogP contribution is -2.23. The molecule has 3 rings (SSSR count). The van der Waals surface area contributed by atoms with Gasteiger partial charge in [-0.1, -0.05) is 41.4 Å². The number of halogens is 2. The second kappa shape index (κ2) is 7.53. The highest BCUT2D eigenvalue weighted by atomic mass is 35.5. The number of carbonyl (C=O) groups excluding carboxylic acids is 1. The van der Waals surface area contributed by atoms with Gasteiger partial charge in [-0.3, -0.25) is 9.69 Å². The quantitative estimate of drug-likeness (QED) is 0.733. The highest BCUT2D eigenvalue weighted by Gasteiger charge is 2.31. The Morgan fingerprint density at radius 2 is 1.96 bits per heavy atom. The number of carboxylic acids is 1. The van der Waals surface area contributed by atoms with Gasteiger partial charge in [0.25, 0.3) is 5.91 Å². The van der Waals surface area contributed by atoms with Crippen LogP contribution in [0, 0.1) is 0 Å². The molecule has 1 aliphatic rings. The van der Waals surface area contributed by atoms with Gasteiger partial charge in [0.2, 0.25) is 0 Å². The smallest absolute Gasteiger partial charge is 0.337 e. The Labute approximate surface area is 163 Å². The van der Waals surface area contributed by atoms with Crippen LogP contribution < -0.4 is 0 Å². The summed E-state index contributed by atoms with van der Waals surface area (Å²) in [7, 11) is 1.59. The Bertz CT molecular complexity index is 973. The molecule has 0 saturated carbocycles. The fraction of sp³-hybridized carbons (Fsp3) is 0.0556. The largest absolute Gasteiger partial charge is 0.478 e. The van der Waals surface area contributed by atoms with E-state index in [1.807, 2.05) is 0 Å². The summed E-state index contributed by atoms with van der Waals surface area (Å²) in [6, 6.07) is 11.4. The standard InChI is InChI=1S/C18H12Cl2N2O3S/c1-22-16(23)15(8-10-6-7-11(19)9-13(10)20)26-18(22)21-14-5-3-2-4-12(14)17(24)25/h2-9H,1H3,(H,24,25)/b15-8-,21-18?. The summed E-state index contributed by atoms with van der Waals surface area (Å²) in [4.78, 5) is 30.0. The number of nitrogens with zero attached hydrogens (tertiary/aromatic N) is 2. The van der Waals surface area contributed by atoms with Crippen LogP contribution in [0.15, 0.2) is 52.4 Å². The SMILES string of the molecule is CN1C(=O)/C(=C/c2ccc(Cl)cc2Cl)SC1=Nc1ccccc1C(=O)O. The molecule has 0 unspecified atom stereocenters. The molecule has 1 fully saturated rings. The van der Waals surface area contributed by atoms with E-state index in [0.717, 1.165) is 11.8 Å². The third-order valence-corrected chi connectivity index (χ3v) is 5.23. The average Bonchev–Trinajstić information content (AvgIpc) is 2.86. The van der Waals surface area contributed by atoms with Gasteiger partial charge in [0.05, 0.1) is 16.2 Å². The molecule has 2 aromatic carbocycles. The van der Waals surface area contributed by atoms with Crippen LogP contribution in [0.25, 0.3) is 6.08 Å². The molecule has 132 valence electrons. The molecule has 0 spiro atoms.